The minimum atomic E-state index is -0.229. The first-order valence-electron chi connectivity index (χ1n) is 10.7. The molecule has 1 amide bonds. The van der Waals surface area contributed by atoms with Crippen molar-refractivity contribution in [3.8, 4) is 0 Å². The van der Waals surface area contributed by atoms with Crippen molar-refractivity contribution in [3.63, 3.8) is 0 Å². The van der Waals surface area contributed by atoms with Crippen LogP contribution in [0.2, 0.25) is 0 Å². The second kappa shape index (κ2) is 7.88. The molecule has 4 aromatic rings. The molecule has 0 fully saturated rings. The van der Waals surface area contributed by atoms with Crippen LogP contribution in [0.25, 0.3) is 10.9 Å². The summed E-state index contributed by atoms with van der Waals surface area (Å²) in [5, 5.41) is 0.632. The topological polar surface area (TPSA) is 42.3 Å². The number of hydrogen-bond acceptors (Lipinski definition) is 2. The molecule has 0 bridgehead atoms. The summed E-state index contributed by atoms with van der Waals surface area (Å²) in [6.45, 7) is 3.02. The smallest absolute Gasteiger partial charge is 0.259 e. The van der Waals surface area contributed by atoms with Crippen LogP contribution in [0.4, 0.5) is 0 Å². The molecule has 154 valence electrons. The number of amides is 1. The van der Waals surface area contributed by atoms with Crippen LogP contribution in [0.15, 0.2) is 89.9 Å². The van der Waals surface area contributed by atoms with Crippen molar-refractivity contribution in [1.29, 1.82) is 0 Å². The molecule has 1 atom stereocenters. The molecule has 0 unspecified atom stereocenters. The Hall–Kier alpha value is -3.66. The van der Waals surface area contributed by atoms with Crippen molar-refractivity contribution in [2.45, 2.75) is 32.5 Å². The van der Waals surface area contributed by atoms with Gasteiger partial charge in [0.15, 0.2) is 0 Å². The molecule has 2 heterocycles. The lowest BCUT2D eigenvalue weighted by molar-refractivity contribution is 0.0728. The SMILES string of the molecule is C[C@H]1Cc2cccc3c(=O)c(C(=O)N(Cc4ccccc4)Cc4ccccc4)cn1c23. The van der Waals surface area contributed by atoms with Crippen LogP contribution in [0.1, 0.15) is 40.0 Å². The van der Waals surface area contributed by atoms with E-state index in [1.807, 2.05) is 72.8 Å². The maximum absolute atomic E-state index is 13.7. The summed E-state index contributed by atoms with van der Waals surface area (Å²) in [5.74, 6) is -0.229. The molecule has 1 aliphatic heterocycles. The largest absolute Gasteiger partial charge is 0.343 e. The van der Waals surface area contributed by atoms with Crippen molar-refractivity contribution in [3.05, 3.63) is 118 Å². The zero-order chi connectivity index (χ0) is 21.4. The fraction of sp³-hybridized carbons (Fsp3) is 0.185. The molecule has 31 heavy (non-hydrogen) atoms. The maximum Gasteiger partial charge on any atom is 0.259 e. The highest BCUT2D eigenvalue weighted by Gasteiger charge is 2.26. The van der Waals surface area contributed by atoms with E-state index >= 15 is 0 Å². The average molecular weight is 409 g/mol. The number of rotatable bonds is 5. The van der Waals surface area contributed by atoms with E-state index in [9.17, 15) is 9.59 Å². The Balaban J connectivity index is 1.59. The molecule has 3 aromatic carbocycles. The Morgan fingerprint density at radius 3 is 2.13 bits per heavy atom. The van der Waals surface area contributed by atoms with Gasteiger partial charge in [-0.3, -0.25) is 9.59 Å². The summed E-state index contributed by atoms with van der Waals surface area (Å²) in [6.07, 6.45) is 2.66. The number of carbonyl (C=O) groups is 1. The van der Waals surface area contributed by atoms with E-state index in [1.54, 1.807) is 11.1 Å². The Labute approximate surface area is 181 Å². The number of hydrogen-bond donors (Lipinski definition) is 0. The third kappa shape index (κ3) is 3.55. The highest BCUT2D eigenvalue weighted by molar-refractivity contribution is 5.98. The van der Waals surface area contributed by atoms with E-state index < -0.39 is 0 Å². The fourth-order valence-electron chi connectivity index (χ4n) is 4.55. The molecule has 0 aliphatic carbocycles. The van der Waals surface area contributed by atoms with Crippen molar-refractivity contribution in [1.82, 2.24) is 9.47 Å². The molecule has 4 heteroatoms. The van der Waals surface area contributed by atoms with Crippen molar-refractivity contribution in [2.75, 3.05) is 0 Å². The van der Waals surface area contributed by atoms with Gasteiger partial charge in [0.2, 0.25) is 5.43 Å². The molecule has 5 rings (SSSR count). The summed E-state index contributed by atoms with van der Waals surface area (Å²) in [6, 6.07) is 25.9. The van der Waals surface area contributed by atoms with Gasteiger partial charge in [0, 0.05) is 30.7 Å². The van der Waals surface area contributed by atoms with Gasteiger partial charge in [-0.25, -0.2) is 0 Å². The van der Waals surface area contributed by atoms with Gasteiger partial charge in [-0.2, -0.15) is 0 Å². The first-order valence-corrected chi connectivity index (χ1v) is 10.7. The van der Waals surface area contributed by atoms with Gasteiger partial charge in [0.1, 0.15) is 5.56 Å². The zero-order valence-electron chi connectivity index (χ0n) is 17.5. The van der Waals surface area contributed by atoms with Crippen LogP contribution in [-0.2, 0) is 19.5 Å². The Kier molecular flexibility index (Phi) is 4.91. The Bertz CT molecular complexity index is 1270. The van der Waals surface area contributed by atoms with E-state index in [-0.39, 0.29) is 22.9 Å². The molecule has 0 radical (unpaired) electrons. The van der Waals surface area contributed by atoms with Crippen molar-refractivity contribution in [2.24, 2.45) is 0 Å². The lowest BCUT2D eigenvalue weighted by atomic mass is 10.1. The fourth-order valence-corrected chi connectivity index (χ4v) is 4.55. The summed E-state index contributed by atoms with van der Waals surface area (Å²) < 4.78 is 2.10. The van der Waals surface area contributed by atoms with Gasteiger partial charge < -0.3 is 9.47 Å². The molecular weight excluding hydrogens is 384 g/mol. The second-order valence-electron chi connectivity index (χ2n) is 8.28. The van der Waals surface area contributed by atoms with Crippen LogP contribution in [0.3, 0.4) is 0 Å². The van der Waals surface area contributed by atoms with E-state index in [0.29, 0.717) is 18.5 Å². The first kappa shape index (κ1) is 19.3. The number of carbonyl (C=O) groups excluding carboxylic acids is 1. The third-order valence-electron chi connectivity index (χ3n) is 6.08. The van der Waals surface area contributed by atoms with Gasteiger partial charge in [-0.1, -0.05) is 72.8 Å². The van der Waals surface area contributed by atoms with Crippen LogP contribution < -0.4 is 5.43 Å². The maximum atomic E-state index is 13.7. The molecule has 0 N–H and O–H groups in total. The van der Waals surface area contributed by atoms with E-state index in [4.69, 9.17) is 0 Å². The first-order chi connectivity index (χ1) is 15.1. The molecule has 4 nitrogen and oxygen atoms in total. The van der Waals surface area contributed by atoms with Crippen molar-refractivity contribution >= 4 is 16.8 Å². The van der Waals surface area contributed by atoms with Gasteiger partial charge in [-0.15, -0.1) is 0 Å². The van der Waals surface area contributed by atoms with Gasteiger partial charge in [0.25, 0.3) is 5.91 Å². The highest BCUT2D eigenvalue weighted by Crippen LogP contribution is 2.31. The van der Waals surface area contributed by atoms with Crippen LogP contribution in [-0.4, -0.2) is 15.4 Å². The molecule has 0 spiro atoms. The van der Waals surface area contributed by atoms with Gasteiger partial charge in [-0.05, 0) is 36.1 Å². The number of pyridine rings is 1. The summed E-state index contributed by atoms with van der Waals surface area (Å²) >= 11 is 0. The third-order valence-corrected chi connectivity index (χ3v) is 6.08. The quantitative estimate of drug-likeness (QED) is 0.468. The van der Waals surface area contributed by atoms with Crippen LogP contribution in [0.5, 0.6) is 0 Å². The molecule has 0 saturated heterocycles. The highest BCUT2D eigenvalue weighted by atomic mass is 16.2. The predicted molar refractivity (Wildman–Crippen MR) is 123 cm³/mol. The minimum Gasteiger partial charge on any atom is -0.343 e. The Morgan fingerprint density at radius 2 is 1.52 bits per heavy atom. The number of nitrogens with zero attached hydrogens (tertiary/aromatic N) is 2. The normalized spacial score (nSPS) is 14.7. The summed E-state index contributed by atoms with van der Waals surface area (Å²) in [7, 11) is 0. The lowest BCUT2D eigenvalue weighted by Gasteiger charge is -2.24. The standard InChI is InChI=1S/C27H24N2O2/c1-19-15-22-13-8-14-23-25(22)29(19)18-24(26(23)30)27(31)28(16-20-9-4-2-5-10-20)17-21-11-6-3-7-12-21/h2-14,18-19H,15-17H2,1H3/t19-/m0/s1. The van der Waals surface area contributed by atoms with Crippen LogP contribution in [0, 0.1) is 0 Å². The molecule has 0 saturated carbocycles. The van der Waals surface area contributed by atoms with Gasteiger partial charge in [0.05, 0.1) is 5.52 Å². The second-order valence-corrected chi connectivity index (χ2v) is 8.28. The summed E-state index contributed by atoms with van der Waals surface area (Å²) in [4.78, 5) is 28.8. The summed E-state index contributed by atoms with van der Waals surface area (Å²) in [5.41, 5.74) is 4.27. The molecule has 1 aliphatic rings. The predicted octanol–water partition coefficient (Wildman–Crippen LogP) is 4.96. The molecular formula is C27H24N2O2. The van der Waals surface area contributed by atoms with E-state index in [1.165, 1.54) is 5.56 Å². The Morgan fingerprint density at radius 1 is 0.903 bits per heavy atom. The van der Waals surface area contributed by atoms with E-state index in [0.717, 1.165) is 23.1 Å². The lowest BCUT2D eigenvalue weighted by Crippen LogP contribution is -2.34. The number of aromatic nitrogens is 1. The minimum absolute atomic E-state index is 0.182. The monoisotopic (exact) mass is 408 g/mol. The average Bonchev–Trinajstić information content (AvgIpc) is 3.12. The van der Waals surface area contributed by atoms with Crippen molar-refractivity contribution < 1.29 is 4.79 Å². The number of para-hydroxylation sites is 1. The van der Waals surface area contributed by atoms with E-state index in [2.05, 4.69) is 17.6 Å². The van der Waals surface area contributed by atoms with Gasteiger partial charge >= 0.3 is 0 Å². The van der Waals surface area contributed by atoms with Crippen LogP contribution >= 0.6 is 0 Å². The zero-order valence-corrected chi connectivity index (χ0v) is 17.5. The molecule has 1 aromatic heterocycles. The number of benzene rings is 3.